The van der Waals surface area contributed by atoms with Crippen LogP contribution in [0.3, 0.4) is 0 Å². The number of carbonyl (C=O) groups excluding carboxylic acids is 3. The first-order chi connectivity index (χ1) is 20.0. The van der Waals surface area contributed by atoms with Crippen molar-refractivity contribution in [3.05, 3.63) is 107 Å². The number of likely N-dealkylation sites (N-methyl/N-ethyl adjacent to an activating group) is 1. The minimum absolute atomic E-state index is 0.0847. The number of benzene rings is 3. The molecule has 3 aliphatic rings. The number of phenolic OH excluding ortho intramolecular Hbond substituents is 1. The van der Waals surface area contributed by atoms with Gasteiger partial charge in [0.1, 0.15) is 22.8 Å². The number of Topliss-reactive ketones (excluding diaryl/α,β-unsaturated/α-hetero) is 2. The maximum Gasteiger partial charge on any atom is 0.255 e. The lowest BCUT2D eigenvalue weighted by Gasteiger charge is -2.50. The van der Waals surface area contributed by atoms with Crippen molar-refractivity contribution in [2.24, 2.45) is 17.6 Å². The molecule has 42 heavy (non-hydrogen) atoms. The highest BCUT2D eigenvalue weighted by atomic mass is 16.3. The predicted octanol–water partition coefficient (Wildman–Crippen LogP) is 3.32. The second-order valence-corrected chi connectivity index (χ2v) is 11.0. The summed E-state index contributed by atoms with van der Waals surface area (Å²) in [4.78, 5) is 39.7. The molecule has 3 aromatic rings. The number of nitrogens with zero attached hydrogens (tertiary/aromatic N) is 1. The van der Waals surface area contributed by atoms with Gasteiger partial charge in [-0.2, -0.15) is 0 Å². The summed E-state index contributed by atoms with van der Waals surface area (Å²) in [5.41, 5.74) is 4.96. The average Bonchev–Trinajstić information content (AvgIpc) is 2.96. The first-order valence-corrected chi connectivity index (χ1v) is 13.5. The molecule has 9 heteroatoms. The number of hydrogen-bond acceptors (Lipinski definition) is 8. The predicted molar refractivity (Wildman–Crippen MR) is 156 cm³/mol. The molecule has 0 aliphatic heterocycles. The molecule has 3 aliphatic carbocycles. The van der Waals surface area contributed by atoms with Crippen LogP contribution in [-0.2, 0) is 20.8 Å². The first kappa shape index (κ1) is 28.8. The summed E-state index contributed by atoms with van der Waals surface area (Å²) in [5.74, 6) is -6.43. The third-order valence-electron chi connectivity index (χ3n) is 8.34. The molecule has 6 N–H and O–H groups in total. The number of aliphatic hydroxyl groups excluding tert-OH is 2. The summed E-state index contributed by atoms with van der Waals surface area (Å²) in [6, 6.07) is 24.4. The molecule has 0 unspecified atom stereocenters. The monoisotopic (exact) mass is 568 g/mol. The highest BCUT2D eigenvalue weighted by Gasteiger charge is 2.64. The van der Waals surface area contributed by atoms with Crippen LogP contribution in [0.2, 0.25) is 0 Å². The molecule has 0 saturated heterocycles. The standard InChI is InChI=1S/C21H22N2O7.C12H10/c1-23(2)15-10-7-9-6-8-4-3-5-11(24)12(8)16(25)13(9)18(27)21(10,30)19(28)14(17(15)26)20(22)29;1-3-7-11(8-4-1)12-9-5-2-6-10-12/h3-5,9-10,15,24-25,28,30H,6-7H2,1-2H3,(H2,22,29);1-10H/t9-,10-,15-,21-;/m0./s1. The van der Waals surface area contributed by atoms with Crippen LogP contribution >= 0.6 is 0 Å². The van der Waals surface area contributed by atoms with Crippen LogP contribution in [0, 0.1) is 11.8 Å². The summed E-state index contributed by atoms with van der Waals surface area (Å²) in [6.45, 7) is 0. The number of hydrogen-bond donors (Lipinski definition) is 5. The number of amides is 1. The minimum Gasteiger partial charge on any atom is -0.508 e. The van der Waals surface area contributed by atoms with Crippen LogP contribution in [-0.4, -0.2) is 68.5 Å². The molecule has 1 fully saturated rings. The largest absolute Gasteiger partial charge is 0.508 e. The smallest absolute Gasteiger partial charge is 0.255 e. The van der Waals surface area contributed by atoms with E-state index in [-0.39, 0.29) is 23.3 Å². The molecular formula is C33H32N2O7. The van der Waals surface area contributed by atoms with Gasteiger partial charge in [-0.1, -0.05) is 72.8 Å². The quantitative estimate of drug-likeness (QED) is 0.301. The van der Waals surface area contributed by atoms with E-state index in [1.807, 2.05) is 12.1 Å². The summed E-state index contributed by atoms with van der Waals surface area (Å²) >= 11 is 0. The van der Waals surface area contributed by atoms with Gasteiger partial charge in [0, 0.05) is 11.5 Å². The molecule has 0 spiro atoms. The van der Waals surface area contributed by atoms with E-state index >= 15 is 0 Å². The molecule has 0 bridgehead atoms. The molecule has 4 atom stereocenters. The van der Waals surface area contributed by atoms with Gasteiger partial charge in [-0.15, -0.1) is 0 Å². The molecular weight excluding hydrogens is 536 g/mol. The van der Waals surface area contributed by atoms with Crippen molar-refractivity contribution >= 4 is 23.2 Å². The van der Waals surface area contributed by atoms with Gasteiger partial charge in [0.2, 0.25) is 5.78 Å². The van der Waals surface area contributed by atoms with E-state index < -0.39 is 58.0 Å². The van der Waals surface area contributed by atoms with Crippen molar-refractivity contribution in [1.29, 1.82) is 0 Å². The fourth-order valence-electron chi connectivity index (χ4n) is 6.44. The molecule has 0 heterocycles. The summed E-state index contributed by atoms with van der Waals surface area (Å²) < 4.78 is 0. The van der Waals surface area contributed by atoms with Gasteiger partial charge in [-0.25, -0.2) is 0 Å². The van der Waals surface area contributed by atoms with Gasteiger partial charge >= 0.3 is 0 Å². The molecule has 1 amide bonds. The Morgan fingerprint density at radius 1 is 0.881 bits per heavy atom. The number of phenols is 1. The van der Waals surface area contributed by atoms with E-state index in [0.29, 0.717) is 12.0 Å². The number of carbonyl (C=O) groups is 3. The second-order valence-electron chi connectivity index (χ2n) is 11.0. The Balaban J connectivity index is 0.000000244. The van der Waals surface area contributed by atoms with Crippen LogP contribution in [0.1, 0.15) is 17.5 Å². The molecule has 3 aromatic carbocycles. The van der Waals surface area contributed by atoms with Gasteiger partial charge < -0.3 is 26.2 Å². The van der Waals surface area contributed by atoms with Crippen molar-refractivity contribution in [2.75, 3.05) is 14.1 Å². The van der Waals surface area contributed by atoms with Crippen molar-refractivity contribution in [3.63, 3.8) is 0 Å². The van der Waals surface area contributed by atoms with Crippen molar-refractivity contribution < 1.29 is 34.8 Å². The summed E-state index contributed by atoms with van der Waals surface area (Å²) in [5, 5.41) is 43.1. The lowest BCUT2D eigenvalue weighted by molar-refractivity contribution is -0.153. The number of nitrogens with two attached hydrogens (primary N) is 1. The maximum absolute atomic E-state index is 13.5. The Labute approximate surface area is 242 Å². The fourth-order valence-corrected chi connectivity index (χ4v) is 6.44. The number of rotatable bonds is 3. The van der Waals surface area contributed by atoms with E-state index in [9.17, 15) is 34.8 Å². The zero-order valence-corrected chi connectivity index (χ0v) is 23.2. The molecule has 1 saturated carbocycles. The van der Waals surface area contributed by atoms with E-state index in [2.05, 4.69) is 48.5 Å². The maximum atomic E-state index is 13.5. The third kappa shape index (κ3) is 4.56. The topological polar surface area (TPSA) is 161 Å². The number of ketones is 2. The molecule has 216 valence electrons. The Morgan fingerprint density at radius 3 is 1.98 bits per heavy atom. The van der Waals surface area contributed by atoms with E-state index in [1.165, 1.54) is 22.1 Å². The van der Waals surface area contributed by atoms with Gasteiger partial charge in [-0.3, -0.25) is 19.3 Å². The van der Waals surface area contributed by atoms with Crippen LogP contribution in [0.15, 0.2) is 95.8 Å². The Hall–Kier alpha value is -4.73. The highest BCUT2D eigenvalue weighted by Crippen LogP contribution is 2.52. The number of aliphatic hydroxyl groups is 3. The average molecular weight is 569 g/mol. The number of fused-ring (bicyclic) bond motifs is 3. The molecule has 6 rings (SSSR count). The van der Waals surface area contributed by atoms with E-state index in [1.54, 1.807) is 26.2 Å². The third-order valence-corrected chi connectivity index (χ3v) is 8.34. The van der Waals surface area contributed by atoms with Crippen LogP contribution < -0.4 is 5.73 Å². The second kappa shape index (κ2) is 10.9. The van der Waals surface area contributed by atoms with Crippen LogP contribution in [0.25, 0.3) is 16.9 Å². The van der Waals surface area contributed by atoms with E-state index in [4.69, 9.17) is 5.73 Å². The lowest BCUT2D eigenvalue weighted by atomic mass is 9.57. The molecule has 0 aromatic heterocycles. The number of primary amides is 1. The van der Waals surface area contributed by atoms with Gasteiger partial charge in [0.05, 0.1) is 11.6 Å². The minimum atomic E-state index is -2.60. The van der Waals surface area contributed by atoms with Crippen molar-refractivity contribution in [3.8, 4) is 16.9 Å². The molecule has 9 nitrogen and oxygen atoms in total. The zero-order valence-electron chi connectivity index (χ0n) is 23.2. The SMILES string of the molecule is CN(C)[C@@H]1C(=O)C(C(N)=O)=C(O)[C@@]2(O)C(=O)C3=C(O)c4c(O)cccc4C[C@H]3C[C@@H]12.c1ccc(-c2ccccc2)cc1. The number of aromatic hydroxyl groups is 1. The highest BCUT2D eigenvalue weighted by molar-refractivity contribution is 6.24. The van der Waals surface area contributed by atoms with Crippen LogP contribution in [0.5, 0.6) is 5.75 Å². The lowest BCUT2D eigenvalue weighted by Crippen LogP contribution is -2.65. The van der Waals surface area contributed by atoms with Gasteiger partial charge in [-0.05, 0) is 55.6 Å². The van der Waals surface area contributed by atoms with E-state index in [0.717, 1.165) is 0 Å². The van der Waals surface area contributed by atoms with Gasteiger partial charge in [0.25, 0.3) is 5.91 Å². The Morgan fingerprint density at radius 2 is 1.45 bits per heavy atom. The van der Waals surface area contributed by atoms with Gasteiger partial charge in [0.15, 0.2) is 11.4 Å². The normalized spacial score (nSPS) is 24.8. The van der Waals surface area contributed by atoms with Crippen molar-refractivity contribution in [1.82, 2.24) is 4.90 Å². The first-order valence-electron chi connectivity index (χ1n) is 13.5. The zero-order chi connectivity index (χ0) is 30.3. The fraction of sp³-hybridized carbons (Fsp3) is 0.242. The Bertz CT molecular complexity index is 1590. The molecule has 0 radical (unpaired) electrons. The van der Waals surface area contributed by atoms with Crippen LogP contribution in [0.4, 0.5) is 0 Å². The Kier molecular flexibility index (Phi) is 7.49. The summed E-state index contributed by atoms with van der Waals surface area (Å²) in [6.07, 6.45) is 0.379. The summed E-state index contributed by atoms with van der Waals surface area (Å²) in [7, 11) is 3.12. The van der Waals surface area contributed by atoms with Crippen molar-refractivity contribution in [2.45, 2.75) is 24.5 Å².